The number of carbonyl (C=O) groups is 1. The Morgan fingerprint density at radius 3 is 2.68 bits per heavy atom. The fraction of sp³-hybridized carbons (Fsp3) is 0.294. The van der Waals surface area contributed by atoms with Crippen molar-refractivity contribution in [3.8, 4) is 0 Å². The molecular weight excluding hydrogens is 337 g/mol. The van der Waals surface area contributed by atoms with Gasteiger partial charge in [-0.05, 0) is 30.2 Å². The first-order valence-corrected chi connectivity index (χ1v) is 7.60. The summed E-state index contributed by atoms with van der Waals surface area (Å²) in [5.74, 6) is -0.509. The van der Waals surface area contributed by atoms with Crippen LogP contribution in [0.2, 0.25) is 0 Å². The molecule has 5 nitrogen and oxygen atoms in total. The van der Waals surface area contributed by atoms with Crippen molar-refractivity contribution in [3.63, 3.8) is 0 Å². The predicted molar refractivity (Wildman–Crippen MR) is 82.9 cm³/mol. The average molecular weight is 352 g/mol. The Hall–Kier alpha value is -2.61. The van der Waals surface area contributed by atoms with Gasteiger partial charge in [0.05, 0.1) is 17.7 Å². The number of nitrogens with one attached hydrogen (secondary N) is 1. The Balaban J connectivity index is 1.95. The Bertz CT molecular complexity index is 847. The van der Waals surface area contributed by atoms with Gasteiger partial charge in [-0.3, -0.25) is 9.59 Å². The van der Waals surface area contributed by atoms with E-state index in [0.717, 1.165) is 18.2 Å². The van der Waals surface area contributed by atoms with Gasteiger partial charge in [-0.1, -0.05) is 12.1 Å². The van der Waals surface area contributed by atoms with Gasteiger partial charge in [-0.25, -0.2) is 0 Å². The molecule has 25 heavy (non-hydrogen) atoms. The normalized spacial score (nSPS) is 20.7. The summed E-state index contributed by atoms with van der Waals surface area (Å²) in [6.07, 6.45) is -3.88. The number of carbonyl (C=O) groups excluding carboxylic acids is 1. The highest BCUT2D eigenvalue weighted by molar-refractivity contribution is 5.94. The van der Waals surface area contributed by atoms with E-state index in [0.29, 0.717) is 5.56 Å². The third-order valence-corrected chi connectivity index (χ3v) is 4.16. The standard InChI is InChI=1S/C17H15F3N2O3/c18-17(19,20)12-3-1-2-10(6-12)14-8-13(23)9-22(14)16(25)11-4-5-21-15(24)7-11/h1-7,13-14,23H,8-9H2,(H,21,24)/t13-,14-/m1/s1. The van der Waals surface area contributed by atoms with Crippen molar-refractivity contribution < 1.29 is 23.1 Å². The van der Waals surface area contributed by atoms with E-state index >= 15 is 0 Å². The molecule has 0 spiro atoms. The first-order valence-electron chi connectivity index (χ1n) is 7.60. The zero-order valence-corrected chi connectivity index (χ0v) is 13.0. The second-order valence-electron chi connectivity index (χ2n) is 5.93. The Morgan fingerprint density at radius 1 is 1.24 bits per heavy atom. The molecule has 2 heterocycles. The van der Waals surface area contributed by atoms with Gasteiger partial charge >= 0.3 is 6.18 Å². The fourth-order valence-corrected chi connectivity index (χ4v) is 3.02. The van der Waals surface area contributed by atoms with Gasteiger partial charge in [-0.15, -0.1) is 0 Å². The van der Waals surface area contributed by atoms with Crippen molar-refractivity contribution in [2.45, 2.75) is 24.7 Å². The first kappa shape index (κ1) is 17.2. The van der Waals surface area contributed by atoms with Crippen LogP contribution >= 0.6 is 0 Å². The van der Waals surface area contributed by atoms with Gasteiger partial charge in [-0.2, -0.15) is 13.2 Å². The average Bonchev–Trinajstić information content (AvgIpc) is 2.95. The molecular formula is C17H15F3N2O3. The van der Waals surface area contributed by atoms with Gasteiger partial charge in [0.2, 0.25) is 5.56 Å². The number of aromatic nitrogens is 1. The number of hydrogen-bond acceptors (Lipinski definition) is 3. The number of nitrogens with zero attached hydrogens (tertiary/aromatic N) is 1. The summed E-state index contributed by atoms with van der Waals surface area (Å²) in [5.41, 5.74) is -0.851. The van der Waals surface area contributed by atoms with Crippen molar-refractivity contribution in [2.75, 3.05) is 6.54 Å². The van der Waals surface area contributed by atoms with E-state index < -0.39 is 35.4 Å². The molecule has 0 radical (unpaired) electrons. The lowest BCUT2D eigenvalue weighted by molar-refractivity contribution is -0.137. The molecule has 1 aliphatic rings. The maximum absolute atomic E-state index is 12.9. The minimum Gasteiger partial charge on any atom is -0.391 e. The maximum Gasteiger partial charge on any atom is 0.416 e. The van der Waals surface area contributed by atoms with E-state index in [1.807, 2.05) is 0 Å². The lowest BCUT2D eigenvalue weighted by Gasteiger charge is -2.25. The maximum atomic E-state index is 12.9. The third kappa shape index (κ3) is 3.58. The second kappa shape index (κ2) is 6.36. The van der Waals surface area contributed by atoms with E-state index in [1.54, 1.807) is 0 Å². The number of alkyl halides is 3. The first-order chi connectivity index (χ1) is 11.8. The highest BCUT2D eigenvalue weighted by Crippen LogP contribution is 2.36. The summed E-state index contributed by atoms with van der Waals surface area (Å²) in [6.45, 7) is -0.00740. The number of H-pyrrole nitrogens is 1. The highest BCUT2D eigenvalue weighted by atomic mass is 19.4. The Morgan fingerprint density at radius 2 is 2.00 bits per heavy atom. The van der Waals surface area contributed by atoms with Gasteiger partial charge in [0.15, 0.2) is 0 Å². The van der Waals surface area contributed by atoms with Crippen LogP contribution in [0.25, 0.3) is 0 Å². The van der Waals surface area contributed by atoms with Crippen LogP contribution in [0.5, 0.6) is 0 Å². The minimum absolute atomic E-state index is 0.00740. The summed E-state index contributed by atoms with van der Waals surface area (Å²) in [5, 5.41) is 9.93. The molecule has 0 bridgehead atoms. The van der Waals surface area contributed by atoms with E-state index in [1.165, 1.54) is 29.3 Å². The minimum atomic E-state index is -4.49. The molecule has 1 aromatic heterocycles. The number of hydrogen-bond donors (Lipinski definition) is 2. The lowest BCUT2D eigenvalue weighted by Crippen LogP contribution is -2.32. The molecule has 132 valence electrons. The van der Waals surface area contributed by atoms with Crippen molar-refractivity contribution in [1.29, 1.82) is 0 Å². The van der Waals surface area contributed by atoms with Crippen LogP contribution in [0, 0.1) is 0 Å². The van der Waals surface area contributed by atoms with Crippen LogP contribution < -0.4 is 5.56 Å². The number of amides is 1. The number of aliphatic hydroxyl groups excluding tert-OH is 1. The Labute approximate surface area is 140 Å². The van der Waals surface area contributed by atoms with E-state index in [4.69, 9.17) is 0 Å². The van der Waals surface area contributed by atoms with E-state index in [9.17, 15) is 27.9 Å². The lowest BCUT2D eigenvalue weighted by atomic mass is 10.0. The Kier molecular flexibility index (Phi) is 4.38. The van der Waals surface area contributed by atoms with Gasteiger partial charge in [0.25, 0.3) is 5.91 Å². The zero-order valence-electron chi connectivity index (χ0n) is 13.0. The van der Waals surface area contributed by atoms with Crippen LogP contribution in [-0.2, 0) is 6.18 Å². The van der Waals surface area contributed by atoms with Crippen LogP contribution in [0.1, 0.15) is 33.9 Å². The molecule has 1 aliphatic heterocycles. The summed E-state index contributed by atoms with van der Waals surface area (Å²) < 4.78 is 38.8. The molecule has 2 N–H and O–H groups in total. The number of benzene rings is 1. The number of rotatable bonds is 2. The number of aromatic amines is 1. The molecule has 1 amide bonds. The van der Waals surface area contributed by atoms with E-state index in [-0.39, 0.29) is 18.5 Å². The summed E-state index contributed by atoms with van der Waals surface area (Å²) in [6, 6.07) is 6.56. The predicted octanol–water partition coefficient (Wildman–Crippen LogP) is 2.34. The highest BCUT2D eigenvalue weighted by Gasteiger charge is 2.37. The number of likely N-dealkylation sites (tertiary alicyclic amines) is 1. The number of β-amino-alcohol motifs (C(OH)–C–C–N with tert-alkyl or cyclic N) is 1. The summed E-state index contributed by atoms with van der Waals surface area (Å²) in [7, 11) is 0. The molecule has 0 saturated carbocycles. The summed E-state index contributed by atoms with van der Waals surface area (Å²) >= 11 is 0. The van der Waals surface area contributed by atoms with Crippen molar-refractivity contribution in [1.82, 2.24) is 9.88 Å². The number of pyridine rings is 1. The molecule has 0 aliphatic carbocycles. The van der Waals surface area contributed by atoms with Crippen molar-refractivity contribution in [2.24, 2.45) is 0 Å². The van der Waals surface area contributed by atoms with Gasteiger partial charge in [0.1, 0.15) is 0 Å². The van der Waals surface area contributed by atoms with E-state index in [2.05, 4.69) is 4.98 Å². The van der Waals surface area contributed by atoms with Crippen molar-refractivity contribution >= 4 is 5.91 Å². The molecule has 2 atom stereocenters. The molecule has 0 unspecified atom stereocenters. The molecule has 1 fully saturated rings. The third-order valence-electron chi connectivity index (χ3n) is 4.16. The van der Waals surface area contributed by atoms with Crippen LogP contribution in [-0.4, -0.2) is 33.5 Å². The van der Waals surface area contributed by atoms with Gasteiger partial charge in [0, 0.05) is 24.4 Å². The van der Waals surface area contributed by atoms with Crippen molar-refractivity contribution in [3.05, 3.63) is 69.6 Å². The summed E-state index contributed by atoms with van der Waals surface area (Å²) in [4.78, 5) is 27.7. The SMILES string of the molecule is O=C(c1cc[nH]c(=O)c1)N1C[C@H](O)C[C@@H]1c1cccc(C(F)(F)F)c1. The van der Waals surface area contributed by atoms with Gasteiger partial charge < -0.3 is 15.0 Å². The number of halogens is 3. The smallest absolute Gasteiger partial charge is 0.391 e. The second-order valence-corrected chi connectivity index (χ2v) is 5.93. The van der Waals surface area contributed by atoms with Crippen LogP contribution in [0.3, 0.4) is 0 Å². The molecule has 3 rings (SSSR count). The van der Waals surface area contributed by atoms with Crippen LogP contribution in [0.4, 0.5) is 13.2 Å². The van der Waals surface area contributed by atoms with Crippen LogP contribution in [0.15, 0.2) is 47.4 Å². The zero-order chi connectivity index (χ0) is 18.2. The monoisotopic (exact) mass is 352 g/mol. The largest absolute Gasteiger partial charge is 0.416 e. The number of aliphatic hydroxyl groups is 1. The molecule has 1 aromatic carbocycles. The quantitative estimate of drug-likeness (QED) is 0.871. The topological polar surface area (TPSA) is 73.4 Å². The fourth-order valence-electron chi connectivity index (χ4n) is 3.02. The molecule has 2 aromatic rings. The molecule has 8 heteroatoms. The molecule has 1 saturated heterocycles.